The number of pyridine rings is 1. The van der Waals surface area contributed by atoms with Crippen LogP contribution in [-0.2, 0) is 9.47 Å². The summed E-state index contributed by atoms with van der Waals surface area (Å²) in [5.74, 6) is 2.25. The van der Waals surface area contributed by atoms with Crippen molar-refractivity contribution in [2.75, 3.05) is 67.8 Å². The number of hydrogen-bond acceptors (Lipinski definition) is 9. The summed E-state index contributed by atoms with van der Waals surface area (Å²) in [5, 5.41) is 4.30. The smallest absolute Gasteiger partial charge is 0.229 e. The molecule has 2 aromatic heterocycles. The third-order valence-corrected chi connectivity index (χ3v) is 4.43. The van der Waals surface area contributed by atoms with Crippen LogP contribution in [-0.4, -0.2) is 73.8 Å². The molecule has 2 saturated heterocycles. The molecule has 1 N–H and O–H groups in total. The largest absolute Gasteiger partial charge is 0.378 e. The Morgan fingerprint density at radius 1 is 0.926 bits per heavy atom. The number of hydrazone groups is 1. The van der Waals surface area contributed by atoms with Crippen molar-refractivity contribution in [3.63, 3.8) is 0 Å². The lowest BCUT2D eigenvalue weighted by Gasteiger charge is -2.31. The Morgan fingerprint density at radius 3 is 2.30 bits per heavy atom. The minimum absolute atomic E-state index is 0.665. The fourth-order valence-corrected chi connectivity index (χ4v) is 2.96. The van der Waals surface area contributed by atoms with E-state index in [0.29, 0.717) is 38.2 Å². The summed E-state index contributed by atoms with van der Waals surface area (Å²) in [7, 11) is 0. The molecule has 0 bridgehead atoms. The van der Waals surface area contributed by atoms with Crippen LogP contribution in [0.3, 0.4) is 0 Å². The highest BCUT2D eigenvalue weighted by molar-refractivity contribution is 5.79. The van der Waals surface area contributed by atoms with E-state index in [2.05, 4.69) is 30.3 Å². The van der Waals surface area contributed by atoms with E-state index in [1.165, 1.54) is 0 Å². The molecule has 2 fully saturated rings. The first-order valence-corrected chi connectivity index (χ1v) is 9.12. The van der Waals surface area contributed by atoms with Gasteiger partial charge in [0.2, 0.25) is 5.95 Å². The first-order chi connectivity index (χ1) is 13.4. The second-order valence-electron chi connectivity index (χ2n) is 6.26. The van der Waals surface area contributed by atoms with Gasteiger partial charge in [-0.1, -0.05) is 0 Å². The SMILES string of the molecule is C(=NNc1cc(N2CCOCC2)nc(N2CCOCC2)n1)c1ccncc1. The van der Waals surface area contributed by atoms with Gasteiger partial charge in [0.1, 0.15) is 5.82 Å². The third kappa shape index (κ3) is 4.69. The molecule has 0 amide bonds. The second kappa shape index (κ2) is 8.74. The Labute approximate surface area is 158 Å². The van der Waals surface area contributed by atoms with Crippen molar-refractivity contribution in [2.45, 2.75) is 0 Å². The zero-order valence-corrected chi connectivity index (χ0v) is 15.1. The molecule has 0 unspecified atom stereocenters. The molecule has 9 heteroatoms. The summed E-state index contributed by atoms with van der Waals surface area (Å²) in [6.45, 7) is 6.00. The number of morpholine rings is 2. The van der Waals surface area contributed by atoms with Crippen molar-refractivity contribution in [2.24, 2.45) is 5.10 Å². The number of rotatable bonds is 5. The molecule has 0 atom stereocenters. The molecule has 2 aliphatic rings. The van der Waals surface area contributed by atoms with Gasteiger partial charge in [0, 0.05) is 44.6 Å². The summed E-state index contributed by atoms with van der Waals surface area (Å²) in [5.41, 5.74) is 4.00. The van der Waals surface area contributed by atoms with Gasteiger partial charge in [-0.3, -0.25) is 10.4 Å². The van der Waals surface area contributed by atoms with Gasteiger partial charge in [-0.25, -0.2) is 0 Å². The van der Waals surface area contributed by atoms with Gasteiger partial charge >= 0.3 is 0 Å². The van der Waals surface area contributed by atoms with E-state index < -0.39 is 0 Å². The van der Waals surface area contributed by atoms with Gasteiger partial charge in [-0.2, -0.15) is 15.1 Å². The first-order valence-electron chi connectivity index (χ1n) is 9.12. The molecule has 2 aliphatic heterocycles. The van der Waals surface area contributed by atoms with Crippen LogP contribution >= 0.6 is 0 Å². The molecule has 4 rings (SSSR count). The average Bonchev–Trinajstić information content (AvgIpc) is 2.76. The van der Waals surface area contributed by atoms with E-state index in [-0.39, 0.29) is 0 Å². The molecule has 0 aromatic carbocycles. The van der Waals surface area contributed by atoms with E-state index in [1.807, 2.05) is 18.2 Å². The minimum Gasteiger partial charge on any atom is -0.378 e. The van der Waals surface area contributed by atoms with Crippen LogP contribution in [0.5, 0.6) is 0 Å². The number of aromatic nitrogens is 3. The fraction of sp³-hybridized carbons (Fsp3) is 0.444. The number of hydrogen-bond donors (Lipinski definition) is 1. The average molecular weight is 369 g/mol. The predicted octanol–water partition coefficient (Wildman–Crippen LogP) is 0.991. The highest BCUT2D eigenvalue weighted by Crippen LogP contribution is 2.22. The Hall–Kier alpha value is -2.78. The molecule has 27 heavy (non-hydrogen) atoms. The zero-order chi connectivity index (χ0) is 18.3. The predicted molar refractivity (Wildman–Crippen MR) is 104 cm³/mol. The van der Waals surface area contributed by atoms with Crippen LogP contribution in [0.4, 0.5) is 17.6 Å². The van der Waals surface area contributed by atoms with Crippen LogP contribution in [0.25, 0.3) is 0 Å². The normalized spacial score (nSPS) is 18.1. The Bertz CT molecular complexity index is 723. The summed E-state index contributed by atoms with van der Waals surface area (Å²) < 4.78 is 10.9. The number of ether oxygens (including phenoxy) is 2. The Morgan fingerprint density at radius 2 is 1.59 bits per heavy atom. The quantitative estimate of drug-likeness (QED) is 0.617. The third-order valence-electron chi connectivity index (χ3n) is 4.43. The molecule has 0 saturated carbocycles. The van der Waals surface area contributed by atoms with E-state index in [1.54, 1.807) is 18.6 Å². The van der Waals surface area contributed by atoms with Gasteiger partial charge in [0.05, 0.1) is 32.6 Å². The standard InChI is InChI=1S/C18H23N7O2/c1-3-19-4-2-15(1)14-20-23-16-13-17(24-5-9-26-10-6-24)22-18(21-16)25-7-11-27-12-8-25/h1-4,13-14H,5-12H2,(H,21,22,23). The maximum Gasteiger partial charge on any atom is 0.229 e. The molecule has 4 heterocycles. The lowest BCUT2D eigenvalue weighted by Crippen LogP contribution is -2.39. The molecule has 142 valence electrons. The summed E-state index contributed by atoms with van der Waals surface area (Å²) in [4.78, 5) is 17.8. The molecule has 2 aromatic rings. The van der Waals surface area contributed by atoms with E-state index in [9.17, 15) is 0 Å². The van der Waals surface area contributed by atoms with Crippen molar-refractivity contribution in [1.82, 2.24) is 15.0 Å². The molecule has 9 nitrogen and oxygen atoms in total. The second-order valence-corrected chi connectivity index (χ2v) is 6.26. The van der Waals surface area contributed by atoms with Crippen LogP contribution in [0.2, 0.25) is 0 Å². The van der Waals surface area contributed by atoms with Crippen molar-refractivity contribution >= 4 is 23.8 Å². The van der Waals surface area contributed by atoms with Gasteiger partial charge in [-0.15, -0.1) is 0 Å². The highest BCUT2D eigenvalue weighted by atomic mass is 16.5. The molecule has 0 radical (unpaired) electrons. The monoisotopic (exact) mass is 369 g/mol. The lowest BCUT2D eigenvalue weighted by molar-refractivity contribution is 0.121. The van der Waals surface area contributed by atoms with Crippen LogP contribution in [0, 0.1) is 0 Å². The van der Waals surface area contributed by atoms with Crippen molar-refractivity contribution < 1.29 is 9.47 Å². The summed E-state index contributed by atoms with van der Waals surface area (Å²) in [6, 6.07) is 5.71. The van der Waals surface area contributed by atoms with Crippen LogP contribution < -0.4 is 15.2 Å². The van der Waals surface area contributed by atoms with Gasteiger partial charge in [-0.05, 0) is 17.7 Å². The van der Waals surface area contributed by atoms with Crippen molar-refractivity contribution in [1.29, 1.82) is 0 Å². The van der Waals surface area contributed by atoms with Crippen molar-refractivity contribution in [3.8, 4) is 0 Å². The van der Waals surface area contributed by atoms with Gasteiger partial charge in [0.15, 0.2) is 5.82 Å². The fourth-order valence-electron chi connectivity index (χ4n) is 2.96. The number of nitrogens with one attached hydrogen (secondary N) is 1. The number of nitrogens with zero attached hydrogens (tertiary/aromatic N) is 6. The maximum absolute atomic E-state index is 5.46. The van der Waals surface area contributed by atoms with Crippen LogP contribution in [0.15, 0.2) is 35.7 Å². The molecule has 0 spiro atoms. The Balaban J connectivity index is 1.55. The first kappa shape index (κ1) is 17.6. The van der Waals surface area contributed by atoms with E-state index in [0.717, 1.165) is 37.6 Å². The summed E-state index contributed by atoms with van der Waals surface area (Å²) >= 11 is 0. The molecule has 0 aliphatic carbocycles. The van der Waals surface area contributed by atoms with E-state index in [4.69, 9.17) is 14.5 Å². The van der Waals surface area contributed by atoms with Crippen molar-refractivity contribution in [3.05, 3.63) is 36.2 Å². The number of anilines is 3. The minimum atomic E-state index is 0.665. The highest BCUT2D eigenvalue weighted by Gasteiger charge is 2.19. The zero-order valence-electron chi connectivity index (χ0n) is 15.1. The Kier molecular flexibility index (Phi) is 5.70. The van der Waals surface area contributed by atoms with Crippen LogP contribution in [0.1, 0.15) is 5.56 Å². The summed E-state index contributed by atoms with van der Waals surface area (Å²) in [6.07, 6.45) is 5.21. The maximum atomic E-state index is 5.46. The van der Waals surface area contributed by atoms with Gasteiger partial charge < -0.3 is 19.3 Å². The van der Waals surface area contributed by atoms with Gasteiger partial charge in [0.25, 0.3) is 0 Å². The topological polar surface area (TPSA) is 88.0 Å². The lowest BCUT2D eigenvalue weighted by atomic mass is 10.3. The molecular weight excluding hydrogens is 346 g/mol. The molecular formula is C18H23N7O2. The van der Waals surface area contributed by atoms with E-state index >= 15 is 0 Å².